The summed E-state index contributed by atoms with van der Waals surface area (Å²) in [6.45, 7) is 3.25. The van der Waals surface area contributed by atoms with E-state index in [1.54, 1.807) is 6.08 Å². The Kier molecular flexibility index (Phi) is 2.86. The predicted octanol–water partition coefficient (Wildman–Crippen LogP) is 2.32. The Labute approximate surface area is 90.2 Å². The molecule has 1 aromatic carbocycles. The Bertz CT molecular complexity index is 369. The molecule has 1 unspecified atom stereocenters. The van der Waals surface area contributed by atoms with Crippen LogP contribution in [-0.2, 0) is 4.79 Å². The number of carbonyl (C=O) groups is 1. The molecule has 0 aliphatic carbocycles. The lowest BCUT2D eigenvalue weighted by Crippen LogP contribution is -2.01. The van der Waals surface area contributed by atoms with Crippen LogP contribution in [0.25, 0.3) is 5.70 Å². The molecule has 0 spiro atoms. The van der Waals surface area contributed by atoms with E-state index in [0.29, 0.717) is 6.04 Å². The van der Waals surface area contributed by atoms with Crippen molar-refractivity contribution in [2.24, 2.45) is 0 Å². The van der Waals surface area contributed by atoms with Gasteiger partial charge in [0.2, 0.25) is 0 Å². The van der Waals surface area contributed by atoms with E-state index in [9.17, 15) is 4.79 Å². The van der Waals surface area contributed by atoms with Crippen LogP contribution in [0.5, 0.6) is 0 Å². The minimum absolute atomic E-state index is 0.622. The van der Waals surface area contributed by atoms with Gasteiger partial charge in [0.05, 0.1) is 0 Å². The Morgan fingerprint density at radius 1 is 1.47 bits per heavy atom. The van der Waals surface area contributed by atoms with Gasteiger partial charge in [-0.15, -0.1) is 0 Å². The lowest BCUT2D eigenvalue weighted by Gasteiger charge is -2.09. The Morgan fingerprint density at radius 2 is 2.20 bits per heavy atom. The van der Waals surface area contributed by atoms with Gasteiger partial charge in [0.25, 0.3) is 0 Å². The maximum absolute atomic E-state index is 10.6. The van der Waals surface area contributed by atoms with Crippen LogP contribution in [0.2, 0.25) is 0 Å². The van der Waals surface area contributed by atoms with Gasteiger partial charge in [-0.1, -0.05) is 37.3 Å². The van der Waals surface area contributed by atoms with E-state index in [-0.39, 0.29) is 0 Å². The summed E-state index contributed by atoms with van der Waals surface area (Å²) in [7, 11) is 0. The normalized spacial score (nSPS) is 20.2. The van der Waals surface area contributed by atoms with Crippen molar-refractivity contribution in [3.63, 3.8) is 0 Å². The molecular formula is C13H15NO. The van der Waals surface area contributed by atoms with Gasteiger partial charge in [-0.25, -0.2) is 0 Å². The summed E-state index contributed by atoms with van der Waals surface area (Å²) in [5.74, 6) is 0. The zero-order chi connectivity index (χ0) is 10.7. The maximum Gasteiger partial charge on any atom is 0.144 e. The number of carbonyl (C=O) groups excluding carboxylic acids is 1. The monoisotopic (exact) mass is 201 g/mol. The highest BCUT2D eigenvalue weighted by Gasteiger charge is 2.33. The molecule has 1 saturated heterocycles. The van der Waals surface area contributed by atoms with Gasteiger partial charge in [-0.2, -0.15) is 0 Å². The minimum Gasteiger partial charge on any atom is -0.364 e. The molecule has 2 rings (SSSR count). The standard InChI is InChI=1S/C13H15NO/c1-2-12-10-14(12)13(8-9-15)11-6-4-3-5-7-11/h3-9,12H,2,10H2,1H3/b13-8+. The summed E-state index contributed by atoms with van der Waals surface area (Å²) >= 11 is 0. The fourth-order valence-electron chi connectivity index (χ4n) is 1.86. The van der Waals surface area contributed by atoms with Crippen molar-refractivity contribution >= 4 is 12.0 Å². The van der Waals surface area contributed by atoms with Crippen LogP contribution in [-0.4, -0.2) is 23.8 Å². The second kappa shape index (κ2) is 4.30. The topological polar surface area (TPSA) is 20.1 Å². The third-order valence-corrected chi connectivity index (χ3v) is 2.79. The van der Waals surface area contributed by atoms with E-state index in [1.165, 1.54) is 0 Å². The van der Waals surface area contributed by atoms with Gasteiger partial charge in [0.1, 0.15) is 6.29 Å². The average molecular weight is 201 g/mol. The molecule has 1 aliphatic heterocycles. The van der Waals surface area contributed by atoms with Crippen LogP contribution in [0.1, 0.15) is 18.9 Å². The van der Waals surface area contributed by atoms with Crippen molar-refractivity contribution in [1.29, 1.82) is 0 Å². The summed E-state index contributed by atoms with van der Waals surface area (Å²) < 4.78 is 0. The SMILES string of the molecule is CCC1CN1/C(=C/C=O)c1ccccc1. The number of rotatable bonds is 4. The second-order valence-electron chi connectivity index (χ2n) is 3.77. The fraction of sp³-hybridized carbons (Fsp3) is 0.308. The first kappa shape index (κ1) is 9.97. The molecule has 1 atom stereocenters. The molecule has 78 valence electrons. The summed E-state index contributed by atoms with van der Waals surface area (Å²) in [6, 6.07) is 10.7. The molecule has 0 amide bonds. The third-order valence-electron chi connectivity index (χ3n) is 2.79. The van der Waals surface area contributed by atoms with Crippen molar-refractivity contribution in [1.82, 2.24) is 4.90 Å². The third kappa shape index (κ3) is 2.09. The van der Waals surface area contributed by atoms with E-state index >= 15 is 0 Å². The summed E-state index contributed by atoms with van der Waals surface area (Å²) in [5.41, 5.74) is 2.18. The number of nitrogens with zero attached hydrogens (tertiary/aromatic N) is 1. The molecule has 1 fully saturated rings. The van der Waals surface area contributed by atoms with Crippen LogP contribution < -0.4 is 0 Å². The van der Waals surface area contributed by atoms with Gasteiger partial charge in [0.15, 0.2) is 0 Å². The molecule has 0 aromatic heterocycles. The first-order valence-electron chi connectivity index (χ1n) is 5.34. The highest BCUT2D eigenvalue weighted by Crippen LogP contribution is 2.32. The average Bonchev–Trinajstić information content (AvgIpc) is 3.06. The van der Waals surface area contributed by atoms with Crippen molar-refractivity contribution in [3.05, 3.63) is 42.0 Å². The zero-order valence-electron chi connectivity index (χ0n) is 8.89. The van der Waals surface area contributed by atoms with Crippen LogP contribution >= 0.6 is 0 Å². The lowest BCUT2D eigenvalue weighted by atomic mass is 10.1. The van der Waals surface area contributed by atoms with Crippen LogP contribution in [0.3, 0.4) is 0 Å². The highest BCUT2D eigenvalue weighted by atomic mass is 16.1. The first-order valence-corrected chi connectivity index (χ1v) is 5.34. The Balaban J connectivity index is 2.23. The van der Waals surface area contributed by atoms with Crippen molar-refractivity contribution in [2.75, 3.05) is 6.54 Å². The molecule has 1 aromatic rings. The zero-order valence-corrected chi connectivity index (χ0v) is 8.89. The quantitative estimate of drug-likeness (QED) is 0.423. The molecule has 0 saturated carbocycles. The van der Waals surface area contributed by atoms with E-state index in [2.05, 4.69) is 11.8 Å². The van der Waals surface area contributed by atoms with Crippen LogP contribution in [0.4, 0.5) is 0 Å². The Hall–Kier alpha value is -1.57. The number of hydrogen-bond donors (Lipinski definition) is 0. The van der Waals surface area contributed by atoms with Crippen LogP contribution in [0.15, 0.2) is 36.4 Å². The number of hydrogen-bond acceptors (Lipinski definition) is 2. The summed E-state index contributed by atoms with van der Waals surface area (Å²) in [5, 5.41) is 0. The molecule has 1 heterocycles. The van der Waals surface area contributed by atoms with Crippen molar-refractivity contribution in [2.45, 2.75) is 19.4 Å². The molecule has 0 bridgehead atoms. The predicted molar refractivity (Wildman–Crippen MR) is 61.3 cm³/mol. The van der Waals surface area contributed by atoms with Crippen molar-refractivity contribution in [3.8, 4) is 0 Å². The highest BCUT2D eigenvalue weighted by molar-refractivity contribution is 5.81. The van der Waals surface area contributed by atoms with E-state index in [0.717, 1.165) is 30.5 Å². The molecule has 0 N–H and O–H groups in total. The number of benzene rings is 1. The van der Waals surface area contributed by atoms with E-state index in [4.69, 9.17) is 0 Å². The lowest BCUT2D eigenvalue weighted by molar-refractivity contribution is -0.104. The first-order chi connectivity index (χ1) is 7.36. The van der Waals surface area contributed by atoms with Gasteiger partial charge in [0, 0.05) is 24.4 Å². The molecule has 2 heteroatoms. The minimum atomic E-state index is 0.622. The second-order valence-corrected chi connectivity index (χ2v) is 3.77. The molecule has 1 aliphatic rings. The van der Waals surface area contributed by atoms with Gasteiger partial charge in [-0.3, -0.25) is 4.79 Å². The van der Waals surface area contributed by atoms with E-state index < -0.39 is 0 Å². The van der Waals surface area contributed by atoms with E-state index in [1.807, 2.05) is 30.3 Å². The van der Waals surface area contributed by atoms with Gasteiger partial charge >= 0.3 is 0 Å². The molecule has 15 heavy (non-hydrogen) atoms. The Morgan fingerprint density at radius 3 is 2.73 bits per heavy atom. The molecular weight excluding hydrogens is 186 g/mol. The van der Waals surface area contributed by atoms with Crippen molar-refractivity contribution < 1.29 is 4.79 Å². The molecule has 0 radical (unpaired) electrons. The van der Waals surface area contributed by atoms with Gasteiger partial charge in [-0.05, 0) is 12.0 Å². The number of aldehydes is 1. The summed E-state index contributed by atoms with van der Waals surface area (Å²) in [6.07, 6.45) is 3.67. The smallest absolute Gasteiger partial charge is 0.144 e. The number of allylic oxidation sites excluding steroid dienone is 1. The maximum atomic E-state index is 10.6. The van der Waals surface area contributed by atoms with Crippen LogP contribution in [0, 0.1) is 0 Å². The fourth-order valence-corrected chi connectivity index (χ4v) is 1.86. The molecule has 2 nitrogen and oxygen atoms in total. The van der Waals surface area contributed by atoms with Gasteiger partial charge < -0.3 is 4.90 Å². The largest absolute Gasteiger partial charge is 0.364 e. The summed E-state index contributed by atoms with van der Waals surface area (Å²) in [4.78, 5) is 12.9.